The lowest BCUT2D eigenvalue weighted by molar-refractivity contribution is 0.0651. The molecule has 0 aromatic carbocycles. The van der Waals surface area contributed by atoms with Crippen LogP contribution in [0, 0.1) is 11.3 Å². The maximum atomic E-state index is 12.2. The van der Waals surface area contributed by atoms with Crippen LogP contribution in [0.2, 0.25) is 5.02 Å². The molecule has 0 aliphatic carbocycles. The van der Waals surface area contributed by atoms with Crippen molar-refractivity contribution in [3.63, 3.8) is 0 Å². The Balaban J connectivity index is 2.00. The van der Waals surface area contributed by atoms with Gasteiger partial charge in [0, 0.05) is 38.6 Å². The summed E-state index contributed by atoms with van der Waals surface area (Å²) in [5.41, 5.74) is 0.438. The fraction of sp³-hybridized carbons (Fsp3) is 0.417. The number of hydrogen-bond donors (Lipinski definition) is 0. The molecule has 6 heteroatoms. The Morgan fingerprint density at radius 3 is 2.78 bits per heavy atom. The predicted molar refractivity (Wildman–Crippen MR) is 67.2 cm³/mol. The van der Waals surface area contributed by atoms with Crippen LogP contribution in [0.5, 0.6) is 0 Å². The van der Waals surface area contributed by atoms with Crippen molar-refractivity contribution >= 4 is 17.5 Å². The first-order valence-electron chi connectivity index (χ1n) is 5.70. The second-order valence-electron chi connectivity index (χ2n) is 4.08. The molecular weight excluding hydrogens is 252 g/mol. The Hall–Kier alpha value is -1.64. The van der Waals surface area contributed by atoms with E-state index in [1.807, 2.05) is 4.90 Å². The van der Waals surface area contributed by atoms with E-state index in [-0.39, 0.29) is 5.91 Å². The second-order valence-corrected chi connectivity index (χ2v) is 4.49. The van der Waals surface area contributed by atoms with Gasteiger partial charge >= 0.3 is 0 Å². The molecule has 2 heterocycles. The third kappa shape index (κ3) is 2.78. The zero-order chi connectivity index (χ0) is 13.0. The van der Waals surface area contributed by atoms with Gasteiger partial charge in [-0.1, -0.05) is 11.6 Å². The van der Waals surface area contributed by atoms with E-state index >= 15 is 0 Å². The van der Waals surface area contributed by atoms with Gasteiger partial charge in [0.2, 0.25) is 0 Å². The lowest BCUT2D eigenvalue weighted by Gasteiger charge is -2.33. The molecule has 0 radical (unpaired) electrons. The van der Waals surface area contributed by atoms with Gasteiger partial charge in [0.15, 0.2) is 0 Å². The number of aromatic nitrogens is 1. The van der Waals surface area contributed by atoms with Gasteiger partial charge < -0.3 is 4.90 Å². The Morgan fingerprint density at radius 2 is 2.17 bits per heavy atom. The summed E-state index contributed by atoms with van der Waals surface area (Å²) in [5, 5.41) is 9.04. The molecule has 1 amide bonds. The minimum absolute atomic E-state index is 0.0929. The number of nitriles is 1. The molecule has 1 aliphatic rings. The monoisotopic (exact) mass is 264 g/mol. The van der Waals surface area contributed by atoms with Gasteiger partial charge in [-0.15, -0.1) is 0 Å². The van der Waals surface area contributed by atoms with E-state index in [4.69, 9.17) is 16.9 Å². The Morgan fingerprint density at radius 1 is 1.44 bits per heavy atom. The first-order valence-corrected chi connectivity index (χ1v) is 6.08. The Labute approximate surface area is 111 Å². The maximum absolute atomic E-state index is 12.2. The SMILES string of the molecule is N#CCN1CCN(C(=O)c2cnccc2Cl)CC1. The number of amides is 1. The summed E-state index contributed by atoms with van der Waals surface area (Å²) in [4.78, 5) is 19.9. The highest BCUT2D eigenvalue weighted by atomic mass is 35.5. The first kappa shape index (κ1) is 12.8. The van der Waals surface area contributed by atoms with Gasteiger partial charge in [-0.3, -0.25) is 14.7 Å². The molecule has 1 aromatic rings. The third-order valence-electron chi connectivity index (χ3n) is 2.95. The van der Waals surface area contributed by atoms with E-state index in [1.165, 1.54) is 6.20 Å². The highest BCUT2D eigenvalue weighted by Crippen LogP contribution is 2.16. The van der Waals surface area contributed by atoms with E-state index in [2.05, 4.69) is 11.1 Å². The molecule has 2 rings (SSSR count). The van der Waals surface area contributed by atoms with Crippen molar-refractivity contribution < 1.29 is 4.79 Å². The van der Waals surface area contributed by atoms with E-state index in [1.54, 1.807) is 17.2 Å². The van der Waals surface area contributed by atoms with Crippen LogP contribution in [0.25, 0.3) is 0 Å². The quantitative estimate of drug-likeness (QED) is 0.748. The third-order valence-corrected chi connectivity index (χ3v) is 3.28. The summed E-state index contributed by atoms with van der Waals surface area (Å²) in [5.74, 6) is -0.0929. The van der Waals surface area contributed by atoms with Crippen LogP contribution >= 0.6 is 11.6 Å². The van der Waals surface area contributed by atoms with Crippen molar-refractivity contribution in [1.82, 2.24) is 14.8 Å². The van der Waals surface area contributed by atoms with Gasteiger partial charge in [-0.05, 0) is 6.07 Å². The van der Waals surface area contributed by atoms with E-state index in [0.717, 1.165) is 13.1 Å². The largest absolute Gasteiger partial charge is 0.336 e. The van der Waals surface area contributed by atoms with Crippen LogP contribution in [-0.2, 0) is 0 Å². The van der Waals surface area contributed by atoms with Gasteiger partial charge in [-0.2, -0.15) is 5.26 Å². The van der Waals surface area contributed by atoms with Crippen molar-refractivity contribution in [3.05, 3.63) is 29.0 Å². The van der Waals surface area contributed by atoms with Crippen molar-refractivity contribution in [3.8, 4) is 6.07 Å². The summed E-state index contributed by atoms with van der Waals surface area (Å²) in [7, 11) is 0. The van der Waals surface area contributed by atoms with Gasteiger partial charge in [0.1, 0.15) is 0 Å². The van der Waals surface area contributed by atoms with Crippen molar-refractivity contribution in [2.45, 2.75) is 0 Å². The molecule has 0 atom stereocenters. The zero-order valence-corrected chi connectivity index (χ0v) is 10.6. The highest BCUT2D eigenvalue weighted by Gasteiger charge is 2.23. The fourth-order valence-electron chi connectivity index (χ4n) is 1.91. The van der Waals surface area contributed by atoms with Crippen LogP contribution in [0.4, 0.5) is 0 Å². The van der Waals surface area contributed by atoms with Crippen LogP contribution < -0.4 is 0 Å². The van der Waals surface area contributed by atoms with Crippen LogP contribution in [0.15, 0.2) is 18.5 Å². The standard InChI is InChI=1S/C12H13ClN4O/c13-11-1-3-15-9-10(11)12(18)17-7-5-16(4-2-14)6-8-17/h1,3,9H,4-8H2. The molecule has 5 nitrogen and oxygen atoms in total. The molecule has 0 bridgehead atoms. The first-order chi connectivity index (χ1) is 8.72. The lowest BCUT2D eigenvalue weighted by atomic mass is 10.2. The number of carbonyl (C=O) groups excluding carboxylic acids is 1. The number of piperazine rings is 1. The molecule has 94 valence electrons. The molecular formula is C12H13ClN4O. The molecule has 1 aromatic heterocycles. The number of nitrogens with zero attached hydrogens (tertiary/aromatic N) is 4. The summed E-state index contributed by atoms with van der Waals surface area (Å²) in [6, 6.07) is 3.73. The number of hydrogen-bond acceptors (Lipinski definition) is 4. The number of rotatable bonds is 2. The minimum atomic E-state index is -0.0929. The summed E-state index contributed by atoms with van der Waals surface area (Å²) >= 11 is 5.98. The normalized spacial score (nSPS) is 16.3. The molecule has 0 unspecified atom stereocenters. The van der Waals surface area contributed by atoms with E-state index in [9.17, 15) is 4.79 Å². The molecule has 0 spiro atoms. The number of pyridine rings is 1. The van der Waals surface area contributed by atoms with Gasteiger partial charge in [0.25, 0.3) is 5.91 Å². The number of halogens is 1. The minimum Gasteiger partial charge on any atom is -0.336 e. The topological polar surface area (TPSA) is 60.2 Å². The van der Waals surface area contributed by atoms with Gasteiger partial charge in [0.05, 0.1) is 23.2 Å². The van der Waals surface area contributed by atoms with Crippen molar-refractivity contribution in [2.24, 2.45) is 0 Å². The van der Waals surface area contributed by atoms with Crippen molar-refractivity contribution in [2.75, 3.05) is 32.7 Å². The Kier molecular flexibility index (Phi) is 4.13. The van der Waals surface area contributed by atoms with Crippen LogP contribution in [-0.4, -0.2) is 53.4 Å². The predicted octanol–water partition coefficient (Wildman–Crippen LogP) is 1.02. The number of carbonyl (C=O) groups is 1. The summed E-state index contributed by atoms with van der Waals surface area (Å²) in [6.07, 6.45) is 3.05. The average Bonchev–Trinajstić information content (AvgIpc) is 2.40. The fourth-order valence-corrected chi connectivity index (χ4v) is 2.10. The van der Waals surface area contributed by atoms with Gasteiger partial charge in [-0.25, -0.2) is 0 Å². The molecule has 0 saturated carbocycles. The smallest absolute Gasteiger partial charge is 0.257 e. The summed E-state index contributed by atoms with van der Waals surface area (Å²) < 4.78 is 0. The Bertz CT molecular complexity index is 477. The summed E-state index contributed by atoms with van der Waals surface area (Å²) in [6.45, 7) is 3.08. The molecule has 18 heavy (non-hydrogen) atoms. The van der Waals surface area contributed by atoms with E-state index in [0.29, 0.717) is 30.2 Å². The molecule has 0 N–H and O–H groups in total. The van der Waals surface area contributed by atoms with Crippen LogP contribution in [0.3, 0.4) is 0 Å². The second kappa shape index (κ2) is 5.80. The lowest BCUT2D eigenvalue weighted by Crippen LogP contribution is -2.48. The van der Waals surface area contributed by atoms with Crippen molar-refractivity contribution in [1.29, 1.82) is 5.26 Å². The molecule has 1 aliphatic heterocycles. The zero-order valence-electron chi connectivity index (χ0n) is 9.84. The van der Waals surface area contributed by atoms with Crippen LogP contribution in [0.1, 0.15) is 10.4 Å². The average molecular weight is 265 g/mol. The highest BCUT2D eigenvalue weighted by molar-refractivity contribution is 6.33. The molecule has 1 saturated heterocycles. The molecule has 1 fully saturated rings. The maximum Gasteiger partial charge on any atom is 0.257 e. The van der Waals surface area contributed by atoms with E-state index < -0.39 is 0 Å².